The molecule has 2 nitrogen and oxygen atoms in total. The van der Waals surface area contributed by atoms with Gasteiger partial charge >= 0.3 is 0 Å². The van der Waals surface area contributed by atoms with Crippen molar-refractivity contribution in [1.29, 1.82) is 0 Å². The van der Waals surface area contributed by atoms with Crippen molar-refractivity contribution in [3.8, 4) is 0 Å². The van der Waals surface area contributed by atoms with E-state index < -0.39 is 9.84 Å². The molecule has 1 aliphatic heterocycles. The van der Waals surface area contributed by atoms with Crippen LogP contribution < -0.4 is 0 Å². The van der Waals surface area contributed by atoms with Crippen LogP contribution in [0.3, 0.4) is 0 Å². The molecular formula is C12H24O2S5. The number of sulfone groups is 1. The molecule has 0 aromatic heterocycles. The molecule has 2 unspecified atom stereocenters. The predicted molar refractivity (Wildman–Crippen MR) is 97.1 cm³/mol. The van der Waals surface area contributed by atoms with E-state index in [1.807, 2.05) is 30.4 Å². The van der Waals surface area contributed by atoms with Crippen LogP contribution in [0.5, 0.6) is 0 Å². The molecule has 19 heavy (non-hydrogen) atoms. The van der Waals surface area contributed by atoms with Crippen LogP contribution >= 0.6 is 47.0 Å². The summed E-state index contributed by atoms with van der Waals surface area (Å²) in [5, 5.41) is 1.52. The van der Waals surface area contributed by atoms with Crippen LogP contribution in [0.1, 0.15) is 13.3 Å². The van der Waals surface area contributed by atoms with Crippen LogP contribution in [0.15, 0.2) is 0 Å². The Morgan fingerprint density at radius 3 is 2.26 bits per heavy atom. The first kappa shape index (κ1) is 18.4. The molecule has 0 spiro atoms. The molecule has 1 aliphatic rings. The van der Waals surface area contributed by atoms with Gasteiger partial charge in [0, 0.05) is 45.0 Å². The third kappa shape index (κ3) is 8.39. The standard InChI is InChI=1S/C12H24O2S5/c1-3-5-19(13,14)6-4-16-8-12-10-17-11(7-15-2)9-18-12/h11-12H,3-10H2,1-2H3. The number of rotatable bonds is 9. The third-order valence-corrected chi connectivity index (χ3v) is 10.4. The molecule has 1 saturated heterocycles. The van der Waals surface area contributed by atoms with Gasteiger partial charge in [-0.2, -0.15) is 47.0 Å². The summed E-state index contributed by atoms with van der Waals surface area (Å²) in [5.41, 5.74) is 0. The van der Waals surface area contributed by atoms with E-state index in [0.717, 1.165) is 23.2 Å². The zero-order valence-corrected chi connectivity index (χ0v) is 15.8. The number of thioether (sulfide) groups is 4. The summed E-state index contributed by atoms with van der Waals surface area (Å²) in [5.74, 6) is 6.30. The van der Waals surface area contributed by atoms with Crippen molar-refractivity contribution in [2.75, 3.05) is 46.5 Å². The topological polar surface area (TPSA) is 34.1 Å². The summed E-state index contributed by atoms with van der Waals surface area (Å²) in [6, 6.07) is 0. The average Bonchev–Trinajstić information content (AvgIpc) is 2.37. The van der Waals surface area contributed by atoms with Crippen molar-refractivity contribution >= 4 is 56.9 Å². The van der Waals surface area contributed by atoms with Gasteiger partial charge in [-0.05, 0) is 12.7 Å². The second-order valence-electron chi connectivity index (χ2n) is 4.59. The Hall–Kier alpha value is 1.35. The Morgan fingerprint density at radius 1 is 1.11 bits per heavy atom. The molecule has 1 heterocycles. The fourth-order valence-corrected chi connectivity index (χ4v) is 9.34. The molecular weight excluding hydrogens is 336 g/mol. The van der Waals surface area contributed by atoms with E-state index in [1.54, 1.807) is 0 Å². The first-order valence-corrected chi connectivity index (χ1v) is 13.0. The second-order valence-corrected chi connectivity index (χ2v) is 11.6. The van der Waals surface area contributed by atoms with E-state index in [2.05, 4.69) is 29.8 Å². The van der Waals surface area contributed by atoms with Crippen LogP contribution in [0, 0.1) is 0 Å². The SMILES string of the molecule is CCCS(=O)(=O)CCSCC1CSC(CSC)CS1. The third-order valence-electron chi connectivity index (χ3n) is 2.75. The quantitative estimate of drug-likeness (QED) is 0.588. The number of hydrogen-bond donors (Lipinski definition) is 0. The lowest BCUT2D eigenvalue weighted by atomic mass is 10.5. The minimum absolute atomic E-state index is 0.345. The van der Waals surface area contributed by atoms with Gasteiger partial charge in [-0.25, -0.2) is 8.42 Å². The highest BCUT2D eigenvalue weighted by Gasteiger charge is 2.21. The summed E-state index contributed by atoms with van der Waals surface area (Å²) in [6.45, 7) is 1.92. The highest BCUT2D eigenvalue weighted by atomic mass is 32.2. The maximum Gasteiger partial charge on any atom is 0.151 e. The lowest BCUT2D eigenvalue weighted by Crippen LogP contribution is -2.25. The molecule has 0 amide bonds. The van der Waals surface area contributed by atoms with Gasteiger partial charge in [0.25, 0.3) is 0 Å². The van der Waals surface area contributed by atoms with Crippen LogP contribution in [0.2, 0.25) is 0 Å². The van der Waals surface area contributed by atoms with E-state index in [9.17, 15) is 8.42 Å². The maximum absolute atomic E-state index is 11.6. The van der Waals surface area contributed by atoms with Crippen LogP contribution in [0.4, 0.5) is 0 Å². The van der Waals surface area contributed by atoms with Gasteiger partial charge in [0.05, 0.1) is 5.75 Å². The van der Waals surface area contributed by atoms with E-state index in [4.69, 9.17) is 0 Å². The van der Waals surface area contributed by atoms with Crippen molar-refractivity contribution < 1.29 is 8.42 Å². The molecule has 0 N–H and O–H groups in total. The van der Waals surface area contributed by atoms with Gasteiger partial charge in [-0.15, -0.1) is 0 Å². The molecule has 0 aliphatic carbocycles. The Kier molecular flexibility index (Phi) is 9.82. The monoisotopic (exact) mass is 360 g/mol. The molecule has 7 heteroatoms. The summed E-state index contributed by atoms with van der Waals surface area (Å²) in [7, 11) is -2.79. The van der Waals surface area contributed by atoms with Gasteiger partial charge < -0.3 is 0 Å². The Balaban J connectivity index is 2.08. The van der Waals surface area contributed by atoms with Crippen molar-refractivity contribution in [3.63, 3.8) is 0 Å². The smallest absolute Gasteiger partial charge is 0.151 e. The second kappa shape index (κ2) is 10.1. The van der Waals surface area contributed by atoms with E-state index in [-0.39, 0.29) is 0 Å². The van der Waals surface area contributed by atoms with Crippen LogP contribution in [-0.4, -0.2) is 65.4 Å². The van der Waals surface area contributed by atoms with E-state index in [0.29, 0.717) is 16.8 Å². The molecule has 1 fully saturated rings. The lowest BCUT2D eigenvalue weighted by molar-refractivity contribution is 0.596. The van der Waals surface area contributed by atoms with E-state index in [1.165, 1.54) is 17.3 Å². The molecule has 2 atom stereocenters. The summed E-state index contributed by atoms with van der Waals surface area (Å²) >= 11 is 7.91. The van der Waals surface area contributed by atoms with Crippen molar-refractivity contribution in [3.05, 3.63) is 0 Å². The lowest BCUT2D eigenvalue weighted by Gasteiger charge is -2.27. The molecule has 1 rings (SSSR count). The highest BCUT2D eigenvalue weighted by Crippen LogP contribution is 2.32. The van der Waals surface area contributed by atoms with Gasteiger partial charge in [-0.1, -0.05) is 6.92 Å². The average molecular weight is 361 g/mol. The maximum atomic E-state index is 11.6. The minimum Gasteiger partial charge on any atom is -0.229 e. The molecule has 114 valence electrons. The Morgan fingerprint density at radius 2 is 1.74 bits per heavy atom. The largest absolute Gasteiger partial charge is 0.229 e. The zero-order valence-electron chi connectivity index (χ0n) is 11.7. The summed E-state index contributed by atoms with van der Waals surface area (Å²) in [6.07, 6.45) is 2.91. The van der Waals surface area contributed by atoms with Crippen molar-refractivity contribution in [2.45, 2.75) is 23.8 Å². The highest BCUT2D eigenvalue weighted by molar-refractivity contribution is 8.09. The predicted octanol–water partition coefficient (Wildman–Crippen LogP) is 3.12. The van der Waals surface area contributed by atoms with Crippen LogP contribution in [0.25, 0.3) is 0 Å². The molecule has 0 saturated carbocycles. The zero-order chi connectivity index (χ0) is 14.1. The summed E-state index contributed by atoms with van der Waals surface area (Å²) < 4.78 is 23.1. The Labute approximate surface area is 135 Å². The fourth-order valence-electron chi connectivity index (χ4n) is 1.78. The van der Waals surface area contributed by atoms with Crippen LogP contribution in [-0.2, 0) is 9.84 Å². The van der Waals surface area contributed by atoms with Crippen molar-refractivity contribution in [2.24, 2.45) is 0 Å². The molecule has 0 bridgehead atoms. The molecule has 0 radical (unpaired) electrons. The van der Waals surface area contributed by atoms with Gasteiger partial charge in [0.15, 0.2) is 9.84 Å². The minimum atomic E-state index is -2.79. The number of hydrogen-bond acceptors (Lipinski definition) is 6. The Bertz CT molecular complexity index is 323. The van der Waals surface area contributed by atoms with Gasteiger partial charge in [0.1, 0.15) is 0 Å². The fraction of sp³-hybridized carbons (Fsp3) is 1.00. The summed E-state index contributed by atoms with van der Waals surface area (Å²) in [4.78, 5) is 0. The molecule has 0 aromatic rings. The normalized spacial score (nSPS) is 24.5. The van der Waals surface area contributed by atoms with Crippen molar-refractivity contribution in [1.82, 2.24) is 0 Å². The first-order valence-electron chi connectivity index (χ1n) is 6.57. The molecule has 0 aromatic carbocycles. The van der Waals surface area contributed by atoms with Gasteiger partial charge in [-0.3, -0.25) is 0 Å². The van der Waals surface area contributed by atoms with E-state index >= 15 is 0 Å². The first-order chi connectivity index (χ1) is 9.07. The van der Waals surface area contributed by atoms with Gasteiger partial charge in [0.2, 0.25) is 0 Å².